The zero-order valence-corrected chi connectivity index (χ0v) is 22.2. The molecule has 0 unspecified atom stereocenters. The van der Waals surface area contributed by atoms with Gasteiger partial charge in [-0.3, -0.25) is 9.69 Å². The van der Waals surface area contributed by atoms with Gasteiger partial charge in [0.05, 0.1) is 37.9 Å². The second-order valence-corrected chi connectivity index (χ2v) is 10.3. The lowest BCUT2D eigenvalue weighted by Crippen LogP contribution is -2.55. The van der Waals surface area contributed by atoms with E-state index in [0.717, 1.165) is 29.2 Å². The first-order chi connectivity index (χ1) is 19.4. The maximum Gasteiger partial charge on any atom is 0.222 e. The molecule has 2 aliphatic heterocycles. The number of aliphatic hydroxyl groups excluding tert-OH is 1. The van der Waals surface area contributed by atoms with Crippen molar-refractivity contribution in [1.82, 2.24) is 10.2 Å². The third kappa shape index (κ3) is 7.63. The van der Waals surface area contributed by atoms with Gasteiger partial charge in [0.2, 0.25) is 5.91 Å². The summed E-state index contributed by atoms with van der Waals surface area (Å²) in [5.74, 6) is 0.360. The van der Waals surface area contributed by atoms with E-state index in [0.29, 0.717) is 19.4 Å². The van der Waals surface area contributed by atoms with Crippen LogP contribution in [0, 0.1) is 11.6 Å². The van der Waals surface area contributed by atoms with Crippen molar-refractivity contribution >= 4 is 5.91 Å². The highest BCUT2D eigenvalue weighted by atomic mass is 19.1. The number of nitrogens with zero attached hydrogens (tertiary/aromatic N) is 1. The molecule has 0 spiro atoms. The summed E-state index contributed by atoms with van der Waals surface area (Å²) < 4.78 is 45.9. The van der Waals surface area contributed by atoms with Crippen LogP contribution >= 0.6 is 0 Å². The van der Waals surface area contributed by atoms with Crippen LogP contribution in [0.1, 0.15) is 30.4 Å². The minimum atomic E-state index is -0.750. The first-order valence-electron chi connectivity index (χ1n) is 13.6. The van der Waals surface area contributed by atoms with E-state index in [-0.39, 0.29) is 62.4 Å². The van der Waals surface area contributed by atoms with Crippen molar-refractivity contribution in [2.24, 2.45) is 0 Å². The van der Waals surface area contributed by atoms with Crippen molar-refractivity contribution in [2.75, 3.05) is 19.8 Å². The number of amides is 1. The van der Waals surface area contributed by atoms with Gasteiger partial charge in [0, 0.05) is 31.2 Å². The monoisotopic (exact) mass is 552 g/mol. The van der Waals surface area contributed by atoms with Gasteiger partial charge in [-0.1, -0.05) is 30.3 Å². The lowest BCUT2D eigenvalue weighted by atomic mass is 9.94. The van der Waals surface area contributed by atoms with Gasteiger partial charge in [0.1, 0.15) is 23.1 Å². The first-order valence-corrected chi connectivity index (χ1v) is 13.6. The summed E-state index contributed by atoms with van der Waals surface area (Å²) in [7, 11) is 0. The van der Waals surface area contributed by atoms with Crippen LogP contribution in [0.5, 0.6) is 11.5 Å². The SMILES string of the molecule is O=C(C[C@H]1CC[C@H]2[C@@H](COC[C@@H](O)CN2Cc2cc(F)ccc2F)O1)NCc1ccc(Oc2ccccc2)cc1. The molecule has 5 rings (SSSR count). The number of halogens is 2. The van der Waals surface area contributed by atoms with Crippen LogP contribution in [-0.4, -0.2) is 60.0 Å². The molecular formula is C31H34F2N2O5. The summed E-state index contributed by atoms with van der Waals surface area (Å²) in [5, 5.41) is 13.3. The minimum absolute atomic E-state index is 0.117. The summed E-state index contributed by atoms with van der Waals surface area (Å²) in [5.41, 5.74) is 1.18. The maximum atomic E-state index is 14.4. The minimum Gasteiger partial charge on any atom is -0.457 e. The summed E-state index contributed by atoms with van der Waals surface area (Å²) in [6.07, 6.45) is 0.118. The van der Waals surface area contributed by atoms with E-state index >= 15 is 0 Å². The summed E-state index contributed by atoms with van der Waals surface area (Å²) in [4.78, 5) is 14.7. The Hall–Kier alpha value is -3.37. The van der Waals surface area contributed by atoms with Crippen molar-refractivity contribution in [3.63, 3.8) is 0 Å². The van der Waals surface area contributed by atoms with Crippen LogP contribution in [0.2, 0.25) is 0 Å². The number of β-amino-alcohol motifs (C(OH)–C–C–N with tert-alkyl or cyclic N) is 1. The molecule has 9 heteroatoms. The van der Waals surface area contributed by atoms with Crippen molar-refractivity contribution in [2.45, 2.75) is 56.7 Å². The number of carbonyl (C=O) groups excluding carboxylic acids is 1. The zero-order valence-electron chi connectivity index (χ0n) is 22.2. The van der Waals surface area contributed by atoms with E-state index in [4.69, 9.17) is 14.2 Å². The number of hydrogen-bond acceptors (Lipinski definition) is 6. The van der Waals surface area contributed by atoms with Gasteiger partial charge in [-0.2, -0.15) is 0 Å². The summed E-state index contributed by atoms with van der Waals surface area (Å²) in [6.45, 7) is 1.15. The lowest BCUT2D eigenvalue weighted by Gasteiger charge is -2.44. The number of hydrogen-bond donors (Lipinski definition) is 2. The van der Waals surface area contributed by atoms with Crippen molar-refractivity contribution in [3.8, 4) is 11.5 Å². The molecule has 0 saturated carbocycles. The molecule has 0 aromatic heterocycles. The maximum absolute atomic E-state index is 14.4. The van der Waals surface area contributed by atoms with Crippen LogP contribution in [-0.2, 0) is 27.4 Å². The molecule has 2 N–H and O–H groups in total. The number of para-hydroxylation sites is 1. The Morgan fingerprint density at radius 3 is 2.58 bits per heavy atom. The van der Waals surface area contributed by atoms with Crippen molar-refractivity contribution in [1.29, 1.82) is 0 Å². The number of fused-ring (bicyclic) bond motifs is 1. The van der Waals surface area contributed by atoms with Gasteiger partial charge < -0.3 is 24.6 Å². The molecule has 3 aromatic carbocycles. The van der Waals surface area contributed by atoms with Gasteiger partial charge in [-0.25, -0.2) is 8.78 Å². The molecule has 7 nitrogen and oxygen atoms in total. The molecule has 1 amide bonds. The molecule has 4 atom stereocenters. The standard InChI is InChI=1S/C31H34F2N2O5/c32-23-8-12-28(33)22(14-23)17-35-18-24(36)19-38-20-30-29(35)13-11-27(40-30)15-31(37)34-16-21-6-9-26(10-7-21)39-25-4-2-1-3-5-25/h1-10,12,14,24,27,29-30,36H,11,13,15-20H2,(H,34,37)/t24-,27+,29-,30+/m0/s1. The van der Waals surface area contributed by atoms with E-state index in [1.54, 1.807) is 0 Å². The van der Waals surface area contributed by atoms with Crippen molar-refractivity contribution in [3.05, 3.63) is 95.6 Å². The molecule has 2 aliphatic rings. The second kappa shape index (κ2) is 13.3. The fraction of sp³-hybridized carbons (Fsp3) is 0.387. The van der Waals surface area contributed by atoms with E-state index in [2.05, 4.69) is 5.32 Å². The fourth-order valence-corrected chi connectivity index (χ4v) is 5.29. The molecule has 2 fully saturated rings. The first kappa shape index (κ1) is 28.2. The van der Waals surface area contributed by atoms with Crippen LogP contribution in [0.3, 0.4) is 0 Å². The highest BCUT2D eigenvalue weighted by Crippen LogP contribution is 2.29. The number of benzene rings is 3. The highest BCUT2D eigenvalue weighted by molar-refractivity contribution is 5.76. The third-order valence-corrected chi connectivity index (χ3v) is 7.27. The smallest absolute Gasteiger partial charge is 0.222 e. The predicted molar refractivity (Wildman–Crippen MR) is 145 cm³/mol. The summed E-state index contributed by atoms with van der Waals surface area (Å²) in [6, 6.07) is 20.3. The normalized spacial score (nSPS) is 23.5. The molecule has 40 heavy (non-hydrogen) atoms. The highest BCUT2D eigenvalue weighted by Gasteiger charge is 2.38. The molecule has 0 bridgehead atoms. The van der Waals surface area contributed by atoms with Gasteiger partial charge in [-0.15, -0.1) is 0 Å². The Morgan fingerprint density at radius 1 is 1.00 bits per heavy atom. The largest absolute Gasteiger partial charge is 0.457 e. The number of carbonyl (C=O) groups is 1. The van der Waals surface area contributed by atoms with E-state index in [1.165, 1.54) is 6.07 Å². The van der Waals surface area contributed by atoms with E-state index in [9.17, 15) is 18.7 Å². The van der Waals surface area contributed by atoms with E-state index < -0.39 is 17.7 Å². The Bertz CT molecular complexity index is 1260. The van der Waals surface area contributed by atoms with Crippen LogP contribution in [0.15, 0.2) is 72.8 Å². The van der Waals surface area contributed by atoms with Crippen molar-refractivity contribution < 1.29 is 32.9 Å². The van der Waals surface area contributed by atoms with Crippen LogP contribution in [0.4, 0.5) is 8.78 Å². The number of nitrogens with one attached hydrogen (secondary N) is 1. The van der Waals surface area contributed by atoms with Crippen LogP contribution in [0.25, 0.3) is 0 Å². The fourth-order valence-electron chi connectivity index (χ4n) is 5.29. The Balaban J connectivity index is 1.13. The van der Waals surface area contributed by atoms with Gasteiger partial charge in [-0.05, 0) is 60.9 Å². The number of rotatable bonds is 8. The van der Waals surface area contributed by atoms with Crippen LogP contribution < -0.4 is 10.1 Å². The number of ether oxygens (including phenoxy) is 3. The average Bonchev–Trinajstić information content (AvgIpc) is 2.94. The molecule has 212 valence electrons. The lowest BCUT2D eigenvalue weighted by molar-refractivity contribution is -0.158. The topological polar surface area (TPSA) is 80.3 Å². The zero-order chi connectivity index (χ0) is 27.9. The Kier molecular flexibility index (Phi) is 9.38. The molecule has 0 aliphatic carbocycles. The Labute approximate surface area is 232 Å². The molecular weight excluding hydrogens is 518 g/mol. The van der Waals surface area contributed by atoms with Gasteiger partial charge in [0.25, 0.3) is 0 Å². The summed E-state index contributed by atoms with van der Waals surface area (Å²) >= 11 is 0. The quantitative estimate of drug-likeness (QED) is 0.426. The Morgan fingerprint density at radius 2 is 1.77 bits per heavy atom. The molecule has 2 heterocycles. The van der Waals surface area contributed by atoms with E-state index in [1.807, 2.05) is 59.5 Å². The average molecular weight is 553 g/mol. The molecule has 0 radical (unpaired) electrons. The second-order valence-electron chi connectivity index (χ2n) is 10.3. The van der Waals surface area contributed by atoms with Gasteiger partial charge >= 0.3 is 0 Å². The predicted octanol–water partition coefficient (Wildman–Crippen LogP) is 4.57. The number of aliphatic hydroxyl groups is 1. The molecule has 2 saturated heterocycles. The molecule has 3 aromatic rings. The third-order valence-electron chi connectivity index (χ3n) is 7.27. The van der Waals surface area contributed by atoms with Gasteiger partial charge in [0.15, 0.2) is 0 Å².